The van der Waals surface area contributed by atoms with E-state index >= 15 is 0 Å². The number of thioether (sulfide) groups is 1. The number of Topliss-reactive ketones (excluding diaryl/α,β-unsaturated/α-hetero) is 1. The van der Waals surface area contributed by atoms with E-state index in [0.29, 0.717) is 12.8 Å². The van der Waals surface area contributed by atoms with Gasteiger partial charge in [0.25, 0.3) is 0 Å². The lowest BCUT2D eigenvalue weighted by Crippen LogP contribution is -2.36. The Balaban J connectivity index is 1.67. The number of aliphatic hydroxyl groups excluding tert-OH is 1. The van der Waals surface area contributed by atoms with Crippen LogP contribution in [0.3, 0.4) is 0 Å². The van der Waals surface area contributed by atoms with E-state index in [9.17, 15) is 9.90 Å². The molecule has 29 heavy (non-hydrogen) atoms. The Kier molecular flexibility index (Phi) is 7.84. The van der Waals surface area contributed by atoms with Gasteiger partial charge in [-0.15, -0.1) is 11.8 Å². The molecule has 1 aliphatic rings. The Bertz CT molecular complexity index is 821. The fraction of sp³-hybridized carbons (Fsp3) is 0.480. The molecule has 0 bridgehead atoms. The van der Waals surface area contributed by atoms with Crippen LogP contribution in [0.4, 0.5) is 0 Å². The SMILES string of the molecule is CCc1cc(C)cc(CC)c1C1C(=O)CC(CCSc2ccc(Cl)cc2)CC1O. The predicted molar refractivity (Wildman–Crippen MR) is 123 cm³/mol. The molecule has 0 aromatic heterocycles. The normalized spacial score (nSPS) is 22.1. The van der Waals surface area contributed by atoms with E-state index in [4.69, 9.17) is 11.6 Å². The number of benzene rings is 2. The highest BCUT2D eigenvalue weighted by atomic mass is 35.5. The zero-order valence-corrected chi connectivity index (χ0v) is 19.2. The summed E-state index contributed by atoms with van der Waals surface area (Å²) in [4.78, 5) is 14.3. The van der Waals surface area contributed by atoms with Gasteiger partial charge in [0.15, 0.2) is 0 Å². The summed E-state index contributed by atoms with van der Waals surface area (Å²) in [5.74, 6) is 1.05. The average molecular weight is 431 g/mol. The van der Waals surface area contributed by atoms with Crippen LogP contribution in [0.5, 0.6) is 0 Å². The lowest BCUT2D eigenvalue weighted by molar-refractivity contribution is -0.127. The third-order valence-corrected chi connectivity index (χ3v) is 7.27. The van der Waals surface area contributed by atoms with Crippen LogP contribution in [0.1, 0.15) is 61.3 Å². The van der Waals surface area contributed by atoms with Crippen LogP contribution in [-0.2, 0) is 17.6 Å². The Hall–Kier alpha value is -1.29. The van der Waals surface area contributed by atoms with Gasteiger partial charge in [-0.3, -0.25) is 4.79 Å². The van der Waals surface area contributed by atoms with Gasteiger partial charge in [-0.25, -0.2) is 0 Å². The van der Waals surface area contributed by atoms with Gasteiger partial charge in [0, 0.05) is 16.3 Å². The van der Waals surface area contributed by atoms with E-state index in [2.05, 4.69) is 32.9 Å². The Labute approximate surface area is 184 Å². The van der Waals surface area contributed by atoms with Gasteiger partial charge in [-0.1, -0.05) is 43.1 Å². The number of aliphatic hydroxyl groups is 1. The molecule has 1 aliphatic carbocycles. The molecule has 1 saturated carbocycles. The van der Waals surface area contributed by atoms with Gasteiger partial charge in [-0.2, -0.15) is 0 Å². The van der Waals surface area contributed by atoms with Crippen LogP contribution in [0, 0.1) is 12.8 Å². The van der Waals surface area contributed by atoms with E-state index in [-0.39, 0.29) is 17.6 Å². The third-order valence-electron chi connectivity index (χ3n) is 5.97. The standard InChI is InChI=1S/C25H31ClO2S/c1-4-18-12-16(3)13-19(5-2)24(18)25-22(27)14-17(15-23(25)28)10-11-29-21-8-6-20(26)7-9-21/h6-9,12-13,17,22,25,27H,4-5,10-11,14-15H2,1-3H3. The van der Waals surface area contributed by atoms with Crippen LogP contribution in [0.15, 0.2) is 41.3 Å². The summed E-state index contributed by atoms with van der Waals surface area (Å²) in [5, 5.41) is 11.7. The summed E-state index contributed by atoms with van der Waals surface area (Å²) in [5.41, 5.74) is 4.77. The molecule has 156 valence electrons. The summed E-state index contributed by atoms with van der Waals surface area (Å²) in [6.45, 7) is 6.37. The first-order valence-corrected chi connectivity index (χ1v) is 12.0. The fourth-order valence-corrected chi connectivity index (χ4v) is 5.71. The number of aryl methyl sites for hydroxylation is 3. The highest BCUT2D eigenvalue weighted by Gasteiger charge is 2.38. The summed E-state index contributed by atoms with van der Waals surface area (Å²) in [6, 6.07) is 12.2. The lowest BCUT2D eigenvalue weighted by Gasteiger charge is -2.34. The minimum Gasteiger partial charge on any atom is -0.392 e. The topological polar surface area (TPSA) is 37.3 Å². The van der Waals surface area contributed by atoms with Crippen molar-refractivity contribution in [3.05, 3.63) is 63.7 Å². The molecule has 0 radical (unpaired) electrons. The molecule has 2 aromatic carbocycles. The van der Waals surface area contributed by atoms with E-state index in [0.717, 1.165) is 35.6 Å². The van der Waals surface area contributed by atoms with Crippen molar-refractivity contribution in [3.63, 3.8) is 0 Å². The Morgan fingerprint density at radius 2 is 1.72 bits per heavy atom. The first-order chi connectivity index (χ1) is 13.9. The van der Waals surface area contributed by atoms with Crippen molar-refractivity contribution in [3.8, 4) is 0 Å². The zero-order valence-electron chi connectivity index (χ0n) is 17.6. The average Bonchev–Trinajstić information content (AvgIpc) is 2.69. The number of rotatable bonds is 7. The summed E-state index contributed by atoms with van der Waals surface area (Å²) >= 11 is 7.73. The highest BCUT2D eigenvalue weighted by Crippen LogP contribution is 2.39. The number of hydrogen-bond acceptors (Lipinski definition) is 3. The molecule has 3 unspecified atom stereocenters. The van der Waals surface area contributed by atoms with Crippen molar-refractivity contribution in [1.82, 2.24) is 0 Å². The lowest BCUT2D eigenvalue weighted by atomic mass is 9.72. The maximum atomic E-state index is 13.1. The van der Waals surface area contributed by atoms with Crippen molar-refractivity contribution in [2.75, 3.05) is 5.75 Å². The largest absolute Gasteiger partial charge is 0.392 e. The maximum Gasteiger partial charge on any atom is 0.143 e. The van der Waals surface area contributed by atoms with Crippen LogP contribution < -0.4 is 0 Å². The maximum absolute atomic E-state index is 13.1. The number of ketones is 1. The van der Waals surface area contributed by atoms with Crippen molar-refractivity contribution >= 4 is 29.1 Å². The van der Waals surface area contributed by atoms with Crippen LogP contribution in [0.2, 0.25) is 5.02 Å². The second-order valence-corrected chi connectivity index (χ2v) is 9.72. The summed E-state index contributed by atoms with van der Waals surface area (Å²) < 4.78 is 0. The molecule has 3 atom stereocenters. The molecule has 0 spiro atoms. The monoisotopic (exact) mass is 430 g/mol. The predicted octanol–water partition coefficient (Wildman–Crippen LogP) is 6.38. The Morgan fingerprint density at radius 1 is 1.10 bits per heavy atom. The fourth-order valence-electron chi connectivity index (χ4n) is 4.57. The molecule has 4 heteroatoms. The number of halogens is 1. The van der Waals surface area contributed by atoms with E-state index in [1.165, 1.54) is 21.6 Å². The van der Waals surface area contributed by atoms with Gasteiger partial charge >= 0.3 is 0 Å². The summed E-state index contributed by atoms with van der Waals surface area (Å²) in [6.07, 6.45) is 3.42. The van der Waals surface area contributed by atoms with Crippen molar-refractivity contribution in [2.24, 2.45) is 5.92 Å². The molecule has 1 fully saturated rings. The molecule has 0 saturated heterocycles. The smallest absolute Gasteiger partial charge is 0.143 e. The number of carbonyl (C=O) groups is 1. The van der Waals surface area contributed by atoms with Crippen molar-refractivity contribution in [2.45, 2.75) is 69.8 Å². The minimum absolute atomic E-state index is 0.207. The number of hydrogen-bond donors (Lipinski definition) is 1. The molecule has 0 aliphatic heterocycles. The van der Waals surface area contributed by atoms with Crippen molar-refractivity contribution < 1.29 is 9.90 Å². The molecule has 2 nitrogen and oxygen atoms in total. The molecule has 3 rings (SSSR count). The number of carbonyl (C=O) groups excluding carboxylic acids is 1. The second-order valence-electron chi connectivity index (χ2n) is 8.11. The molecule has 1 N–H and O–H groups in total. The Morgan fingerprint density at radius 3 is 2.28 bits per heavy atom. The first kappa shape index (κ1) is 22.4. The summed E-state index contributed by atoms with van der Waals surface area (Å²) in [7, 11) is 0. The van der Waals surface area contributed by atoms with Gasteiger partial charge < -0.3 is 5.11 Å². The molecule has 0 amide bonds. The van der Waals surface area contributed by atoms with Crippen molar-refractivity contribution in [1.29, 1.82) is 0 Å². The van der Waals surface area contributed by atoms with Gasteiger partial charge in [0.2, 0.25) is 0 Å². The van der Waals surface area contributed by atoms with Gasteiger partial charge in [0.05, 0.1) is 12.0 Å². The van der Waals surface area contributed by atoms with Crippen LogP contribution in [0.25, 0.3) is 0 Å². The first-order valence-electron chi connectivity index (χ1n) is 10.6. The van der Waals surface area contributed by atoms with E-state index in [1.807, 2.05) is 24.3 Å². The molecule has 2 aromatic rings. The molecule has 0 heterocycles. The minimum atomic E-state index is -0.583. The third kappa shape index (κ3) is 5.45. The van der Waals surface area contributed by atoms with E-state index < -0.39 is 6.10 Å². The van der Waals surface area contributed by atoms with Gasteiger partial charge in [-0.05, 0) is 85.2 Å². The second kappa shape index (κ2) is 10.1. The molecular formula is C25H31ClO2S. The van der Waals surface area contributed by atoms with E-state index in [1.54, 1.807) is 11.8 Å². The quantitative estimate of drug-likeness (QED) is 0.518. The zero-order chi connectivity index (χ0) is 21.0. The van der Waals surface area contributed by atoms with Crippen LogP contribution in [-0.4, -0.2) is 22.7 Å². The van der Waals surface area contributed by atoms with Crippen LogP contribution >= 0.6 is 23.4 Å². The highest BCUT2D eigenvalue weighted by molar-refractivity contribution is 7.99. The van der Waals surface area contributed by atoms with Gasteiger partial charge in [0.1, 0.15) is 5.78 Å². The molecular weight excluding hydrogens is 400 g/mol.